The minimum atomic E-state index is -0.189. The van der Waals surface area contributed by atoms with Crippen molar-refractivity contribution >= 4 is 21.7 Å². The van der Waals surface area contributed by atoms with E-state index in [1.807, 2.05) is 19.9 Å². The predicted molar refractivity (Wildman–Crippen MR) is 77.6 cm³/mol. The average Bonchev–Trinajstić information content (AvgIpc) is 2.31. The van der Waals surface area contributed by atoms with Gasteiger partial charge >= 0.3 is 0 Å². The van der Waals surface area contributed by atoms with Gasteiger partial charge in [0.2, 0.25) is 0 Å². The molecule has 1 aromatic heterocycles. The van der Waals surface area contributed by atoms with Crippen molar-refractivity contribution in [2.45, 2.75) is 26.8 Å². The molecule has 0 saturated heterocycles. The SMILES string of the molecule is Cc1nc(Br)cc(NC(C)c2ccc(C)c(F)c2)n1. The van der Waals surface area contributed by atoms with Crippen LogP contribution in [-0.2, 0) is 0 Å². The summed E-state index contributed by atoms with van der Waals surface area (Å²) in [4.78, 5) is 8.44. The van der Waals surface area contributed by atoms with E-state index in [9.17, 15) is 4.39 Å². The highest BCUT2D eigenvalue weighted by molar-refractivity contribution is 9.10. The van der Waals surface area contributed by atoms with Gasteiger partial charge in [-0.3, -0.25) is 0 Å². The second-order valence-electron chi connectivity index (χ2n) is 4.50. The number of aromatic nitrogens is 2. The summed E-state index contributed by atoms with van der Waals surface area (Å²) in [5.41, 5.74) is 1.53. The molecule has 1 N–H and O–H groups in total. The van der Waals surface area contributed by atoms with Gasteiger partial charge in [-0.15, -0.1) is 0 Å². The van der Waals surface area contributed by atoms with Crippen LogP contribution in [-0.4, -0.2) is 9.97 Å². The van der Waals surface area contributed by atoms with E-state index in [0.717, 1.165) is 10.2 Å². The van der Waals surface area contributed by atoms with Gasteiger partial charge < -0.3 is 5.32 Å². The van der Waals surface area contributed by atoms with E-state index in [-0.39, 0.29) is 11.9 Å². The van der Waals surface area contributed by atoms with Crippen molar-refractivity contribution in [1.82, 2.24) is 9.97 Å². The Hall–Kier alpha value is -1.49. The van der Waals surface area contributed by atoms with Crippen LogP contribution in [0, 0.1) is 19.7 Å². The van der Waals surface area contributed by atoms with Crippen molar-refractivity contribution in [2.75, 3.05) is 5.32 Å². The second kappa shape index (κ2) is 5.65. The molecule has 1 unspecified atom stereocenters. The Kier molecular flexibility index (Phi) is 4.14. The summed E-state index contributed by atoms with van der Waals surface area (Å²) in [6.07, 6.45) is 0. The quantitative estimate of drug-likeness (QED) is 0.861. The molecule has 0 aliphatic rings. The van der Waals surface area contributed by atoms with Crippen molar-refractivity contribution < 1.29 is 4.39 Å². The molecule has 0 bridgehead atoms. The highest BCUT2D eigenvalue weighted by Gasteiger charge is 2.09. The second-order valence-corrected chi connectivity index (χ2v) is 5.31. The molecule has 2 aromatic rings. The summed E-state index contributed by atoms with van der Waals surface area (Å²) in [6.45, 7) is 5.55. The van der Waals surface area contributed by atoms with Gasteiger partial charge in [-0.1, -0.05) is 12.1 Å². The minimum Gasteiger partial charge on any atom is -0.363 e. The summed E-state index contributed by atoms with van der Waals surface area (Å²) < 4.78 is 14.3. The van der Waals surface area contributed by atoms with Crippen LogP contribution in [0.5, 0.6) is 0 Å². The van der Waals surface area contributed by atoms with Crippen LogP contribution in [0.15, 0.2) is 28.9 Å². The minimum absolute atomic E-state index is 0.0312. The van der Waals surface area contributed by atoms with Crippen LogP contribution >= 0.6 is 15.9 Å². The topological polar surface area (TPSA) is 37.8 Å². The lowest BCUT2D eigenvalue weighted by Gasteiger charge is -2.16. The van der Waals surface area contributed by atoms with Gasteiger partial charge in [0, 0.05) is 6.07 Å². The lowest BCUT2D eigenvalue weighted by atomic mass is 10.1. The smallest absolute Gasteiger partial charge is 0.131 e. The van der Waals surface area contributed by atoms with Crippen LogP contribution in [0.2, 0.25) is 0 Å². The van der Waals surface area contributed by atoms with Crippen LogP contribution in [0.3, 0.4) is 0 Å². The first-order chi connectivity index (χ1) is 8.95. The molecule has 1 aromatic carbocycles. The fourth-order valence-corrected chi connectivity index (χ4v) is 2.26. The molecule has 1 heterocycles. The molecular weight excluding hydrogens is 309 g/mol. The van der Waals surface area contributed by atoms with E-state index < -0.39 is 0 Å². The van der Waals surface area contributed by atoms with Gasteiger partial charge in [0.1, 0.15) is 22.1 Å². The van der Waals surface area contributed by atoms with Crippen LogP contribution in [0.25, 0.3) is 0 Å². The Bertz CT molecular complexity index is 581. The molecule has 0 aliphatic heterocycles. The summed E-state index contributed by atoms with van der Waals surface area (Å²) in [5.74, 6) is 1.21. The highest BCUT2D eigenvalue weighted by Crippen LogP contribution is 2.21. The van der Waals surface area contributed by atoms with Gasteiger partial charge in [0.15, 0.2) is 0 Å². The van der Waals surface area contributed by atoms with Crippen LogP contribution in [0.1, 0.15) is 29.9 Å². The van der Waals surface area contributed by atoms with Gasteiger partial charge in [-0.05, 0) is 53.9 Å². The van der Waals surface area contributed by atoms with E-state index in [1.54, 1.807) is 25.1 Å². The summed E-state index contributed by atoms with van der Waals surface area (Å²) >= 11 is 3.33. The first-order valence-corrected chi connectivity index (χ1v) is 6.79. The number of nitrogens with zero attached hydrogens (tertiary/aromatic N) is 2. The lowest BCUT2D eigenvalue weighted by Crippen LogP contribution is -2.09. The molecule has 0 amide bonds. The highest BCUT2D eigenvalue weighted by atomic mass is 79.9. The van der Waals surface area contributed by atoms with E-state index in [0.29, 0.717) is 17.2 Å². The predicted octanol–water partition coefficient (Wildman–Crippen LogP) is 4.17. The Balaban J connectivity index is 2.20. The molecular formula is C14H15BrFN3. The largest absolute Gasteiger partial charge is 0.363 e. The first-order valence-electron chi connectivity index (χ1n) is 5.99. The third kappa shape index (κ3) is 3.50. The maximum absolute atomic E-state index is 13.5. The van der Waals surface area contributed by atoms with Crippen molar-refractivity contribution in [3.8, 4) is 0 Å². The fraction of sp³-hybridized carbons (Fsp3) is 0.286. The molecule has 0 aliphatic carbocycles. The Morgan fingerprint density at radius 2 is 1.95 bits per heavy atom. The number of rotatable bonds is 3. The van der Waals surface area contributed by atoms with Gasteiger partial charge in [0.05, 0.1) is 6.04 Å². The number of halogens is 2. The van der Waals surface area contributed by atoms with Gasteiger partial charge in [-0.25, -0.2) is 14.4 Å². The zero-order chi connectivity index (χ0) is 14.0. The first kappa shape index (κ1) is 13.9. The Morgan fingerprint density at radius 3 is 2.58 bits per heavy atom. The van der Waals surface area contributed by atoms with Crippen LogP contribution < -0.4 is 5.32 Å². The lowest BCUT2D eigenvalue weighted by molar-refractivity contribution is 0.614. The molecule has 0 radical (unpaired) electrons. The molecule has 0 spiro atoms. The number of nitrogens with one attached hydrogen (secondary N) is 1. The van der Waals surface area contributed by atoms with Crippen molar-refractivity contribution in [3.05, 3.63) is 51.6 Å². The van der Waals surface area contributed by atoms with Crippen molar-refractivity contribution in [2.24, 2.45) is 0 Å². The molecule has 5 heteroatoms. The third-order valence-corrected chi connectivity index (χ3v) is 3.27. The molecule has 0 fully saturated rings. The number of aryl methyl sites for hydroxylation is 2. The van der Waals surface area contributed by atoms with E-state index >= 15 is 0 Å². The molecule has 100 valence electrons. The van der Waals surface area contributed by atoms with Gasteiger partial charge in [-0.2, -0.15) is 0 Å². The fourth-order valence-electron chi connectivity index (χ4n) is 1.79. The Morgan fingerprint density at radius 1 is 1.21 bits per heavy atom. The Labute approximate surface area is 120 Å². The van der Waals surface area contributed by atoms with Gasteiger partial charge in [0.25, 0.3) is 0 Å². The average molecular weight is 324 g/mol. The zero-order valence-electron chi connectivity index (χ0n) is 11.0. The molecule has 1 atom stereocenters. The molecule has 19 heavy (non-hydrogen) atoms. The maximum atomic E-state index is 13.5. The number of anilines is 1. The summed E-state index contributed by atoms with van der Waals surface area (Å²) in [6, 6.07) is 7.02. The number of benzene rings is 1. The summed E-state index contributed by atoms with van der Waals surface area (Å²) in [5, 5.41) is 3.24. The monoisotopic (exact) mass is 323 g/mol. The van der Waals surface area contributed by atoms with E-state index in [4.69, 9.17) is 0 Å². The molecule has 2 rings (SSSR count). The van der Waals surface area contributed by atoms with E-state index in [2.05, 4.69) is 31.2 Å². The molecule has 0 saturated carbocycles. The zero-order valence-corrected chi connectivity index (χ0v) is 12.6. The maximum Gasteiger partial charge on any atom is 0.131 e. The van der Waals surface area contributed by atoms with Crippen molar-refractivity contribution in [1.29, 1.82) is 0 Å². The van der Waals surface area contributed by atoms with E-state index in [1.165, 1.54) is 0 Å². The summed E-state index contributed by atoms with van der Waals surface area (Å²) in [7, 11) is 0. The molecule has 3 nitrogen and oxygen atoms in total. The standard InChI is InChI=1S/C14H15BrFN3/c1-8-4-5-11(6-12(8)16)9(2)17-14-7-13(15)18-10(3)19-14/h4-7,9H,1-3H3,(H,17,18,19). The normalized spacial score (nSPS) is 12.3. The number of hydrogen-bond donors (Lipinski definition) is 1. The van der Waals surface area contributed by atoms with Crippen LogP contribution in [0.4, 0.5) is 10.2 Å². The third-order valence-electron chi connectivity index (χ3n) is 2.87. The number of hydrogen-bond acceptors (Lipinski definition) is 3. The van der Waals surface area contributed by atoms with Crippen molar-refractivity contribution in [3.63, 3.8) is 0 Å².